The maximum atomic E-state index is 13.9. The van der Waals surface area contributed by atoms with Gasteiger partial charge >= 0.3 is 5.97 Å². The van der Waals surface area contributed by atoms with Crippen LogP contribution in [0.3, 0.4) is 0 Å². The number of halogens is 2. The summed E-state index contributed by atoms with van der Waals surface area (Å²) in [6, 6.07) is 18.6. The van der Waals surface area contributed by atoms with Crippen molar-refractivity contribution >= 4 is 35.1 Å². The van der Waals surface area contributed by atoms with Gasteiger partial charge in [-0.3, -0.25) is 9.59 Å². The number of carboxylic acid groups (broad SMARTS) is 1. The molecule has 4 nitrogen and oxygen atoms in total. The molecule has 0 fully saturated rings. The Kier molecular flexibility index (Phi) is 5.03. The smallest absolute Gasteiger partial charge is 0.313 e. The summed E-state index contributed by atoms with van der Waals surface area (Å²) in [5.41, 5.74) is 3.78. The van der Waals surface area contributed by atoms with Crippen LogP contribution in [0.4, 0.5) is 0 Å². The first kappa shape index (κ1) is 21.0. The van der Waals surface area contributed by atoms with Gasteiger partial charge in [-0.15, -0.1) is 0 Å². The number of hydrogen-bond acceptors (Lipinski definition) is 2. The van der Waals surface area contributed by atoms with E-state index in [-0.39, 0.29) is 12.5 Å². The van der Waals surface area contributed by atoms with Gasteiger partial charge in [0, 0.05) is 12.1 Å². The van der Waals surface area contributed by atoms with Gasteiger partial charge in [0.2, 0.25) is 0 Å². The Balaban J connectivity index is 1.77. The lowest BCUT2D eigenvalue weighted by Crippen LogP contribution is -2.57. The van der Waals surface area contributed by atoms with E-state index in [4.69, 9.17) is 23.2 Å². The number of carbonyl (C=O) groups is 2. The third kappa shape index (κ3) is 3.05. The van der Waals surface area contributed by atoms with Gasteiger partial charge in [-0.2, -0.15) is 0 Å². The molecule has 1 N–H and O–H groups in total. The molecule has 1 spiro atoms. The van der Waals surface area contributed by atoms with Crippen molar-refractivity contribution in [1.82, 2.24) is 4.90 Å². The van der Waals surface area contributed by atoms with Crippen LogP contribution >= 0.6 is 23.2 Å². The quantitative estimate of drug-likeness (QED) is 0.518. The van der Waals surface area contributed by atoms with Crippen molar-refractivity contribution in [3.63, 3.8) is 0 Å². The molecule has 0 aromatic heterocycles. The van der Waals surface area contributed by atoms with Crippen LogP contribution in [0.1, 0.15) is 50.5 Å². The first-order chi connectivity index (χ1) is 15.3. The van der Waals surface area contributed by atoms with Gasteiger partial charge in [-0.25, -0.2) is 0 Å². The second-order valence-corrected chi connectivity index (χ2v) is 9.40. The molecule has 0 bridgehead atoms. The van der Waals surface area contributed by atoms with Gasteiger partial charge in [-0.1, -0.05) is 71.2 Å². The Hall–Kier alpha value is -2.82. The minimum absolute atomic E-state index is 0.166. The Morgan fingerprint density at radius 3 is 2.62 bits per heavy atom. The monoisotopic (exact) mass is 465 g/mol. The molecule has 1 amide bonds. The third-order valence-corrected chi connectivity index (χ3v) is 7.52. The molecule has 0 radical (unpaired) electrons. The molecule has 0 saturated carbocycles. The van der Waals surface area contributed by atoms with Crippen molar-refractivity contribution in [3.05, 3.63) is 104 Å². The van der Waals surface area contributed by atoms with E-state index in [1.807, 2.05) is 49.4 Å². The lowest BCUT2D eigenvalue weighted by molar-refractivity contribution is -0.143. The van der Waals surface area contributed by atoms with E-state index in [1.165, 1.54) is 0 Å². The van der Waals surface area contributed by atoms with E-state index in [1.54, 1.807) is 23.1 Å². The highest BCUT2D eigenvalue weighted by Crippen LogP contribution is 2.55. The average Bonchev–Trinajstić information content (AvgIpc) is 3.13. The molecule has 6 heteroatoms. The Bertz CT molecular complexity index is 1270. The van der Waals surface area contributed by atoms with Crippen LogP contribution in [-0.4, -0.2) is 21.9 Å². The molecule has 32 heavy (non-hydrogen) atoms. The highest BCUT2D eigenvalue weighted by molar-refractivity contribution is 6.42. The maximum absolute atomic E-state index is 13.9. The minimum Gasteiger partial charge on any atom is -0.481 e. The van der Waals surface area contributed by atoms with E-state index >= 15 is 0 Å². The summed E-state index contributed by atoms with van der Waals surface area (Å²) >= 11 is 12.3. The van der Waals surface area contributed by atoms with E-state index in [9.17, 15) is 14.7 Å². The zero-order valence-corrected chi connectivity index (χ0v) is 19.0. The van der Waals surface area contributed by atoms with Gasteiger partial charge in [-0.05, 0) is 60.2 Å². The highest BCUT2D eigenvalue weighted by atomic mass is 35.5. The van der Waals surface area contributed by atoms with Crippen molar-refractivity contribution in [2.75, 3.05) is 0 Å². The SMILES string of the molecule is Cc1ccc2c(c1)C(C(=O)O)C1(CCc3ccccc31)N(Cc1ccc(Cl)c(Cl)c1)C2=O. The molecular formula is C26H21Cl2NO3. The number of rotatable bonds is 3. The van der Waals surface area contributed by atoms with Crippen molar-refractivity contribution in [2.24, 2.45) is 0 Å². The predicted octanol–water partition coefficient (Wildman–Crippen LogP) is 5.97. The number of carboxylic acids is 1. The van der Waals surface area contributed by atoms with Crippen LogP contribution in [0.25, 0.3) is 0 Å². The normalized spacial score (nSPS) is 21.5. The lowest BCUT2D eigenvalue weighted by atomic mass is 9.69. The molecular weight excluding hydrogens is 445 g/mol. The number of hydrogen-bond donors (Lipinski definition) is 1. The lowest BCUT2D eigenvalue weighted by Gasteiger charge is -2.50. The largest absolute Gasteiger partial charge is 0.481 e. The average molecular weight is 466 g/mol. The summed E-state index contributed by atoms with van der Waals surface area (Å²) in [7, 11) is 0. The number of carbonyl (C=O) groups excluding carboxylic acids is 1. The third-order valence-electron chi connectivity index (χ3n) is 6.78. The first-order valence-corrected chi connectivity index (χ1v) is 11.3. The second kappa shape index (κ2) is 7.65. The summed E-state index contributed by atoms with van der Waals surface area (Å²) in [4.78, 5) is 28.5. The zero-order valence-electron chi connectivity index (χ0n) is 17.4. The van der Waals surface area contributed by atoms with Gasteiger partial charge in [0.05, 0.1) is 15.6 Å². The Morgan fingerprint density at radius 2 is 1.88 bits per heavy atom. The minimum atomic E-state index is -0.980. The molecule has 162 valence electrons. The molecule has 2 atom stereocenters. The molecule has 0 saturated heterocycles. The van der Waals surface area contributed by atoms with Crippen molar-refractivity contribution < 1.29 is 14.7 Å². The topological polar surface area (TPSA) is 57.6 Å². The van der Waals surface area contributed by atoms with E-state index < -0.39 is 17.4 Å². The Labute approximate surface area is 196 Å². The second-order valence-electron chi connectivity index (χ2n) is 8.58. The maximum Gasteiger partial charge on any atom is 0.313 e. The highest BCUT2D eigenvalue weighted by Gasteiger charge is 2.58. The van der Waals surface area contributed by atoms with Crippen LogP contribution in [0.2, 0.25) is 10.0 Å². The van der Waals surface area contributed by atoms with Crippen LogP contribution in [0, 0.1) is 6.92 Å². The standard InChI is InChI=1S/C26H21Cl2NO3/c1-15-6-8-18-19(12-15)23(25(31)32)26(11-10-17-4-2-3-5-20(17)26)29(24(18)30)14-16-7-9-21(27)22(28)13-16/h2-9,12-13,23H,10-11,14H2,1H3,(H,31,32). The summed E-state index contributed by atoms with van der Waals surface area (Å²) in [5.74, 6) is -1.97. The van der Waals surface area contributed by atoms with E-state index in [0.717, 1.165) is 22.3 Å². The van der Waals surface area contributed by atoms with Gasteiger partial charge in [0.15, 0.2) is 0 Å². The number of aliphatic carboxylic acids is 1. The van der Waals surface area contributed by atoms with Crippen LogP contribution < -0.4 is 0 Å². The van der Waals surface area contributed by atoms with E-state index in [0.29, 0.717) is 34.0 Å². The number of nitrogens with zero attached hydrogens (tertiary/aromatic N) is 1. The summed E-state index contributed by atoms with van der Waals surface area (Å²) in [6.07, 6.45) is 1.26. The molecule has 3 aromatic carbocycles. The van der Waals surface area contributed by atoms with Crippen LogP contribution in [-0.2, 0) is 23.3 Å². The fourth-order valence-electron chi connectivity index (χ4n) is 5.43. The molecule has 3 aromatic rings. The molecule has 2 unspecified atom stereocenters. The molecule has 1 heterocycles. The van der Waals surface area contributed by atoms with E-state index in [2.05, 4.69) is 0 Å². The number of amides is 1. The predicted molar refractivity (Wildman–Crippen MR) is 124 cm³/mol. The van der Waals surface area contributed by atoms with Crippen molar-refractivity contribution in [2.45, 2.75) is 37.8 Å². The number of fused-ring (bicyclic) bond motifs is 3. The summed E-state index contributed by atoms with van der Waals surface area (Å²) < 4.78 is 0. The molecule has 5 rings (SSSR count). The molecule has 1 aliphatic heterocycles. The van der Waals surface area contributed by atoms with Gasteiger partial charge in [0.25, 0.3) is 5.91 Å². The zero-order chi connectivity index (χ0) is 22.6. The number of benzene rings is 3. The summed E-state index contributed by atoms with van der Waals surface area (Å²) in [6.45, 7) is 2.15. The first-order valence-electron chi connectivity index (χ1n) is 10.5. The fraction of sp³-hybridized carbons (Fsp3) is 0.231. The van der Waals surface area contributed by atoms with Crippen molar-refractivity contribution in [3.8, 4) is 0 Å². The fourth-order valence-corrected chi connectivity index (χ4v) is 5.75. The van der Waals surface area contributed by atoms with Crippen LogP contribution in [0.15, 0.2) is 60.7 Å². The summed E-state index contributed by atoms with van der Waals surface area (Å²) in [5, 5.41) is 11.3. The van der Waals surface area contributed by atoms with Gasteiger partial charge < -0.3 is 10.0 Å². The van der Waals surface area contributed by atoms with Gasteiger partial charge in [0.1, 0.15) is 5.92 Å². The number of aryl methyl sites for hydroxylation is 2. The van der Waals surface area contributed by atoms with Crippen LogP contribution in [0.5, 0.6) is 0 Å². The molecule has 1 aliphatic carbocycles. The Morgan fingerprint density at radius 1 is 1.09 bits per heavy atom. The van der Waals surface area contributed by atoms with Crippen molar-refractivity contribution in [1.29, 1.82) is 0 Å². The molecule has 2 aliphatic rings.